The van der Waals surface area contributed by atoms with E-state index in [0.29, 0.717) is 62.0 Å². The van der Waals surface area contributed by atoms with Crippen molar-refractivity contribution in [3.8, 4) is 17.0 Å². The third-order valence-electron chi connectivity index (χ3n) is 14.1. The average molecular weight is 855 g/mol. The maximum atomic E-state index is 15.0. The van der Waals surface area contributed by atoms with Crippen molar-refractivity contribution in [2.45, 2.75) is 144 Å². The van der Waals surface area contributed by atoms with Crippen molar-refractivity contribution < 1.29 is 36.7 Å². The minimum absolute atomic E-state index is 0.00351. The van der Waals surface area contributed by atoms with E-state index in [2.05, 4.69) is 20.7 Å². The van der Waals surface area contributed by atoms with E-state index in [9.17, 15) is 27.2 Å². The molecule has 1 spiro atoms. The van der Waals surface area contributed by atoms with Gasteiger partial charge < -0.3 is 25.6 Å². The van der Waals surface area contributed by atoms with Gasteiger partial charge in [0.25, 0.3) is 5.91 Å². The molecule has 4 N–H and O–H groups in total. The summed E-state index contributed by atoms with van der Waals surface area (Å²) >= 11 is 0. The van der Waals surface area contributed by atoms with Crippen molar-refractivity contribution in [1.82, 2.24) is 30.6 Å². The van der Waals surface area contributed by atoms with Crippen LogP contribution >= 0.6 is 0 Å². The first-order chi connectivity index (χ1) is 29.3. The van der Waals surface area contributed by atoms with Crippen molar-refractivity contribution in [3.63, 3.8) is 0 Å². The lowest BCUT2D eigenvalue weighted by Crippen LogP contribution is -2.59. The second-order valence-corrected chi connectivity index (χ2v) is 20.7. The lowest BCUT2D eigenvalue weighted by Gasteiger charge is -2.37. The van der Waals surface area contributed by atoms with Crippen LogP contribution in [-0.4, -0.2) is 82.6 Å². The number of aryl methyl sites for hydroxylation is 1. The topological polar surface area (TPSA) is 176 Å². The summed E-state index contributed by atoms with van der Waals surface area (Å²) in [7, 11) is -4.02. The Hall–Kier alpha value is -5.05. The number of aromatic nitrogens is 1. The highest BCUT2D eigenvalue weighted by Gasteiger charge is 2.64. The molecule has 15 heteroatoms. The number of nitrogens with one attached hydrogen (secondary N) is 4. The lowest BCUT2D eigenvalue weighted by molar-refractivity contribution is -0.141. The molecular formula is C46H55FN6O7S. The number of amides is 5. The molecule has 9 rings (SSSR count). The van der Waals surface area contributed by atoms with Gasteiger partial charge in [0, 0.05) is 34.9 Å². The third kappa shape index (κ3) is 8.10. The Labute approximate surface area is 356 Å². The SMILES string of the molecule is CC1(S(=O)(=O)NC(=O)[C@@]23C[C@H]2/C=C\CCCCC[C@H](NC(=O)NC2CCCCC2)C(=O)N2C[C@@]4(CCc5c(c(-c6cccc(F)c6)nc6ccccc56)O4)C[C@H]2C(=O)N3)CC1. The van der Waals surface area contributed by atoms with Gasteiger partial charge in [0.05, 0.1) is 16.8 Å². The van der Waals surface area contributed by atoms with Crippen LogP contribution in [0.15, 0.2) is 60.7 Å². The maximum Gasteiger partial charge on any atom is 0.315 e. The maximum absolute atomic E-state index is 15.0. The molecule has 324 valence electrons. The zero-order valence-electron chi connectivity index (χ0n) is 34.6. The van der Waals surface area contributed by atoms with Crippen LogP contribution in [0.2, 0.25) is 0 Å². The van der Waals surface area contributed by atoms with Crippen LogP contribution in [0.1, 0.15) is 109 Å². The highest BCUT2D eigenvalue weighted by Crippen LogP contribution is 2.50. The number of nitrogens with zero attached hydrogens (tertiary/aromatic N) is 2. The minimum Gasteiger partial charge on any atom is -0.483 e. The molecule has 5 atom stereocenters. The Balaban J connectivity index is 1.07. The van der Waals surface area contributed by atoms with E-state index in [0.717, 1.165) is 61.4 Å². The fraction of sp³-hybridized carbons (Fsp3) is 0.543. The summed E-state index contributed by atoms with van der Waals surface area (Å²) in [5.74, 6) is -2.27. The molecule has 3 saturated carbocycles. The van der Waals surface area contributed by atoms with Gasteiger partial charge in [0.2, 0.25) is 21.8 Å². The standard InChI is InChI=1S/C46H55FN6O7S/c1-44(23-24-44)61(58,59)52-42(56)46-26-30(46)14-6-3-2-4-9-20-36(50-43(57)48-32-16-7-5-8-17-32)41(55)53-28-45(27-37(53)40(54)51-46)22-21-34-33-18-10-11-19-35(33)49-38(39(34)60-45)29-13-12-15-31(47)25-29/h6,10-15,18-19,25,30,32,36-37H,2-5,7-9,16-17,20-24,26-28H2,1H3,(H,51,54)(H,52,56)(H2,48,50,57)/b14-6-/t30-,36+,37+,45-,46-/m1/s1. The molecule has 4 heterocycles. The quantitative estimate of drug-likeness (QED) is 0.215. The van der Waals surface area contributed by atoms with E-state index in [1.54, 1.807) is 19.1 Å². The number of para-hydroxylation sites is 1. The van der Waals surface area contributed by atoms with Crippen LogP contribution in [0, 0.1) is 11.7 Å². The number of urea groups is 1. The molecule has 6 aliphatic rings. The first-order valence-corrected chi connectivity index (χ1v) is 23.6. The summed E-state index contributed by atoms with van der Waals surface area (Å²) in [4.78, 5) is 64.0. The van der Waals surface area contributed by atoms with Gasteiger partial charge in [-0.1, -0.05) is 74.6 Å². The Morgan fingerprint density at radius 2 is 1.70 bits per heavy atom. The highest BCUT2D eigenvalue weighted by molar-refractivity contribution is 7.91. The molecule has 3 aromatic rings. The molecule has 0 unspecified atom stereocenters. The van der Waals surface area contributed by atoms with E-state index in [1.807, 2.05) is 36.4 Å². The Kier molecular flexibility index (Phi) is 10.8. The summed E-state index contributed by atoms with van der Waals surface area (Å²) in [6.45, 7) is 1.60. The van der Waals surface area contributed by atoms with Gasteiger partial charge in [-0.05, 0) is 89.3 Å². The summed E-state index contributed by atoms with van der Waals surface area (Å²) in [5.41, 5.74) is -0.0576. The minimum atomic E-state index is -4.02. The van der Waals surface area contributed by atoms with Gasteiger partial charge in [-0.25, -0.2) is 22.6 Å². The number of hydrogen-bond acceptors (Lipinski definition) is 8. The van der Waals surface area contributed by atoms with Crippen LogP contribution in [-0.2, 0) is 30.8 Å². The largest absolute Gasteiger partial charge is 0.483 e. The summed E-state index contributed by atoms with van der Waals surface area (Å²) in [5, 5.41) is 9.92. The number of hydrogen-bond donors (Lipinski definition) is 4. The summed E-state index contributed by atoms with van der Waals surface area (Å²) in [6.07, 6.45) is 14.1. The number of allylic oxidation sites excluding steroid dienone is 1. The smallest absolute Gasteiger partial charge is 0.315 e. The van der Waals surface area contributed by atoms with Gasteiger partial charge in [0.15, 0.2) is 0 Å². The molecule has 3 aliphatic carbocycles. The van der Waals surface area contributed by atoms with Crippen LogP contribution in [0.4, 0.5) is 9.18 Å². The van der Waals surface area contributed by atoms with Crippen LogP contribution in [0.5, 0.6) is 5.75 Å². The predicted octanol–water partition coefficient (Wildman–Crippen LogP) is 6.10. The average Bonchev–Trinajstić information content (AvgIpc) is 4.14. The lowest BCUT2D eigenvalue weighted by atomic mass is 9.86. The zero-order chi connectivity index (χ0) is 42.6. The van der Waals surface area contributed by atoms with Crippen molar-refractivity contribution in [1.29, 1.82) is 0 Å². The van der Waals surface area contributed by atoms with Crippen molar-refractivity contribution >= 4 is 44.7 Å². The van der Waals surface area contributed by atoms with Gasteiger partial charge in [0.1, 0.15) is 40.5 Å². The Morgan fingerprint density at radius 1 is 0.934 bits per heavy atom. The molecule has 0 radical (unpaired) electrons. The fourth-order valence-electron chi connectivity index (χ4n) is 9.94. The van der Waals surface area contributed by atoms with Crippen LogP contribution in [0.3, 0.4) is 0 Å². The van der Waals surface area contributed by atoms with Gasteiger partial charge in [-0.2, -0.15) is 0 Å². The second-order valence-electron chi connectivity index (χ2n) is 18.5. The van der Waals surface area contributed by atoms with E-state index in [-0.39, 0.29) is 25.4 Å². The fourth-order valence-corrected chi connectivity index (χ4v) is 11.3. The third-order valence-corrected chi connectivity index (χ3v) is 16.2. The molecule has 1 aromatic heterocycles. The van der Waals surface area contributed by atoms with Crippen molar-refractivity contribution in [3.05, 3.63) is 72.1 Å². The number of carbonyl (C=O) groups is 4. The molecule has 0 bridgehead atoms. The first-order valence-electron chi connectivity index (χ1n) is 22.1. The van der Waals surface area contributed by atoms with Gasteiger partial charge in [-0.3, -0.25) is 19.1 Å². The molecule has 2 aromatic carbocycles. The number of halogens is 1. The zero-order valence-corrected chi connectivity index (χ0v) is 35.5. The summed E-state index contributed by atoms with van der Waals surface area (Å²) in [6, 6.07) is 11.3. The Bertz CT molecular complexity index is 2400. The molecule has 1 saturated heterocycles. The van der Waals surface area contributed by atoms with Gasteiger partial charge in [-0.15, -0.1) is 0 Å². The monoisotopic (exact) mass is 854 g/mol. The van der Waals surface area contributed by atoms with Gasteiger partial charge >= 0.3 is 6.03 Å². The first kappa shape index (κ1) is 41.3. The van der Waals surface area contributed by atoms with Crippen LogP contribution in [0.25, 0.3) is 22.2 Å². The molecule has 5 amide bonds. The number of ether oxygens (including phenoxy) is 1. The highest BCUT2D eigenvalue weighted by atomic mass is 32.2. The molecule has 4 fully saturated rings. The number of rotatable bonds is 6. The van der Waals surface area contributed by atoms with Crippen LogP contribution < -0.4 is 25.4 Å². The molecular weight excluding hydrogens is 800 g/mol. The number of sulfonamides is 1. The number of fused-ring (bicyclic) bond motifs is 5. The number of carbonyl (C=O) groups excluding carboxylic acids is 4. The van der Waals surface area contributed by atoms with Crippen molar-refractivity contribution in [2.24, 2.45) is 5.92 Å². The van der Waals surface area contributed by atoms with E-state index in [1.165, 1.54) is 17.0 Å². The normalized spacial score (nSPS) is 29.4. The molecule has 13 nitrogen and oxygen atoms in total. The summed E-state index contributed by atoms with van der Waals surface area (Å²) < 4.78 is 49.7. The number of pyridine rings is 1. The van der Waals surface area contributed by atoms with E-state index in [4.69, 9.17) is 9.72 Å². The Morgan fingerprint density at radius 3 is 2.49 bits per heavy atom. The van der Waals surface area contributed by atoms with Crippen molar-refractivity contribution in [2.75, 3.05) is 6.54 Å². The van der Waals surface area contributed by atoms with E-state index < -0.39 is 73.5 Å². The molecule has 61 heavy (non-hydrogen) atoms. The van der Waals surface area contributed by atoms with E-state index >= 15 is 4.79 Å². The number of benzene rings is 2. The predicted molar refractivity (Wildman–Crippen MR) is 227 cm³/mol. The second kappa shape index (κ2) is 16.0. The molecule has 3 aliphatic heterocycles.